The van der Waals surface area contributed by atoms with Gasteiger partial charge in [-0.15, -0.1) is 0 Å². The van der Waals surface area contributed by atoms with Gasteiger partial charge in [0.2, 0.25) is 5.91 Å². The van der Waals surface area contributed by atoms with Gasteiger partial charge < -0.3 is 14.8 Å². The molecule has 1 aromatic heterocycles. The lowest BCUT2D eigenvalue weighted by Gasteiger charge is -2.26. The van der Waals surface area contributed by atoms with E-state index in [1.54, 1.807) is 60.9 Å². The van der Waals surface area contributed by atoms with Gasteiger partial charge in [-0.25, -0.2) is 8.42 Å². The topological polar surface area (TPSA) is 97.8 Å². The Balaban J connectivity index is 1.94. The number of carbonyl (C=O) groups is 1. The largest absolute Gasteiger partial charge is 0.497 e. The molecule has 8 nitrogen and oxygen atoms in total. The van der Waals surface area contributed by atoms with Gasteiger partial charge in [-0.3, -0.25) is 14.1 Å². The first kappa shape index (κ1) is 22.1. The summed E-state index contributed by atoms with van der Waals surface area (Å²) >= 11 is 0. The Morgan fingerprint density at radius 3 is 2.35 bits per heavy atom. The molecule has 0 saturated heterocycles. The number of nitrogens with zero attached hydrogens (tertiary/aromatic N) is 2. The monoisotopic (exact) mass is 441 g/mol. The highest BCUT2D eigenvalue weighted by atomic mass is 32.2. The molecule has 0 aliphatic rings. The van der Waals surface area contributed by atoms with Crippen molar-refractivity contribution >= 4 is 21.6 Å². The zero-order chi connectivity index (χ0) is 22.3. The van der Waals surface area contributed by atoms with Gasteiger partial charge >= 0.3 is 0 Å². The fourth-order valence-electron chi connectivity index (χ4n) is 2.90. The Labute approximate surface area is 181 Å². The number of nitrogens with one attached hydrogen (secondary N) is 1. The maximum absolute atomic E-state index is 13.4. The third kappa shape index (κ3) is 5.32. The van der Waals surface area contributed by atoms with Crippen LogP contribution >= 0.6 is 0 Å². The van der Waals surface area contributed by atoms with Crippen LogP contribution in [0.1, 0.15) is 5.56 Å². The van der Waals surface area contributed by atoms with E-state index < -0.39 is 22.5 Å². The van der Waals surface area contributed by atoms with Gasteiger partial charge in [-0.1, -0.05) is 18.2 Å². The minimum Gasteiger partial charge on any atom is -0.497 e. The lowest BCUT2D eigenvalue weighted by molar-refractivity contribution is -0.119. The minimum absolute atomic E-state index is 0.0646. The van der Waals surface area contributed by atoms with Crippen LogP contribution in [0.4, 0.5) is 5.69 Å². The second kappa shape index (κ2) is 9.94. The second-order valence-electron chi connectivity index (χ2n) is 6.49. The molecular weight excluding hydrogens is 418 g/mol. The van der Waals surface area contributed by atoms with E-state index in [1.165, 1.54) is 26.4 Å². The summed E-state index contributed by atoms with van der Waals surface area (Å²) in [6, 6.07) is 16.2. The molecule has 0 atom stereocenters. The fraction of sp³-hybridized carbons (Fsp3) is 0.182. The normalized spacial score (nSPS) is 10.9. The van der Waals surface area contributed by atoms with Crippen molar-refractivity contribution in [1.29, 1.82) is 0 Å². The van der Waals surface area contributed by atoms with E-state index in [-0.39, 0.29) is 22.9 Å². The molecule has 3 aromatic rings. The van der Waals surface area contributed by atoms with Crippen LogP contribution in [0.25, 0.3) is 0 Å². The van der Waals surface area contributed by atoms with Crippen LogP contribution in [0.3, 0.4) is 0 Å². The van der Waals surface area contributed by atoms with Crippen LogP contribution in [0.2, 0.25) is 0 Å². The highest BCUT2D eigenvalue weighted by Crippen LogP contribution is 2.35. The number of sulfonamides is 1. The smallest absolute Gasteiger partial charge is 0.264 e. The van der Waals surface area contributed by atoms with Crippen LogP contribution in [-0.2, 0) is 21.4 Å². The molecule has 9 heteroatoms. The van der Waals surface area contributed by atoms with Gasteiger partial charge in [-0.2, -0.15) is 0 Å². The number of ether oxygens (including phenoxy) is 2. The van der Waals surface area contributed by atoms with Crippen molar-refractivity contribution in [2.45, 2.75) is 11.4 Å². The van der Waals surface area contributed by atoms with Crippen LogP contribution in [0.15, 0.2) is 78.0 Å². The first-order chi connectivity index (χ1) is 15.0. The Hall–Kier alpha value is -3.59. The van der Waals surface area contributed by atoms with Gasteiger partial charge in [0.1, 0.15) is 18.0 Å². The summed E-state index contributed by atoms with van der Waals surface area (Å²) < 4.78 is 38.4. The molecule has 1 heterocycles. The molecule has 31 heavy (non-hydrogen) atoms. The highest BCUT2D eigenvalue weighted by molar-refractivity contribution is 7.92. The molecular formula is C22H23N3O5S. The predicted octanol–water partition coefficient (Wildman–Crippen LogP) is 2.61. The van der Waals surface area contributed by atoms with E-state index in [1.807, 2.05) is 0 Å². The van der Waals surface area contributed by atoms with Crippen molar-refractivity contribution in [3.05, 3.63) is 78.6 Å². The summed E-state index contributed by atoms with van der Waals surface area (Å²) in [5.41, 5.74) is 1.08. The minimum atomic E-state index is -4.04. The Morgan fingerprint density at radius 2 is 1.71 bits per heavy atom. The van der Waals surface area contributed by atoms with E-state index in [2.05, 4.69) is 10.3 Å². The van der Waals surface area contributed by atoms with Gasteiger partial charge in [0.25, 0.3) is 10.0 Å². The van der Waals surface area contributed by atoms with E-state index in [9.17, 15) is 13.2 Å². The number of anilines is 1. The Bertz CT molecular complexity index is 1120. The van der Waals surface area contributed by atoms with Gasteiger partial charge in [0.05, 0.1) is 24.8 Å². The number of benzene rings is 2. The van der Waals surface area contributed by atoms with Crippen molar-refractivity contribution in [2.24, 2.45) is 0 Å². The average Bonchev–Trinajstić information content (AvgIpc) is 2.82. The molecule has 162 valence electrons. The number of pyridine rings is 1. The van der Waals surface area contributed by atoms with Gasteiger partial charge in [0.15, 0.2) is 0 Å². The van der Waals surface area contributed by atoms with Crippen molar-refractivity contribution in [3.63, 3.8) is 0 Å². The third-order valence-electron chi connectivity index (χ3n) is 4.51. The number of aromatic nitrogens is 1. The quantitative estimate of drug-likeness (QED) is 0.548. The van der Waals surface area contributed by atoms with Crippen molar-refractivity contribution in [1.82, 2.24) is 10.3 Å². The first-order valence-electron chi connectivity index (χ1n) is 9.41. The zero-order valence-corrected chi connectivity index (χ0v) is 18.0. The molecule has 1 amide bonds. The van der Waals surface area contributed by atoms with Crippen molar-refractivity contribution < 1.29 is 22.7 Å². The molecule has 0 bridgehead atoms. The molecule has 1 N–H and O–H groups in total. The lowest BCUT2D eigenvalue weighted by Crippen LogP contribution is -2.40. The highest BCUT2D eigenvalue weighted by Gasteiger charge is 2.29. The average molecular weight is 442 g/mol. The number of carbonyl (C=O) groups excluding carboxylic acids is 1. The van der Waals surface area contributed by atoms with E-state index in [4.69, 9.17) is 9.47 Å². The summed E-state index contributed by atoms with van der Waals surface area (Å²) in [4.78, 5) is 16.7. The molecule has 0 radical (unpaired) electrons. The molecule has 0 unspecified atom stereocenters. The third-order valence-corrected chi connectivity index (χ3v) is 6.29. The van der Waals surface area contributed by atoms with Gasteiger partial charge in [-0.05, 0) is 42.0 Å². The van der Waals surface area contributed by atoms with Crippen LogP contribution in [0, 0.1) is 0 Å². The molecule has 0 fully saturated rings. The first-order valence-corrected chi connectivity index (χ1v) is 10.8. The SMILES string of the molecule is COc1ccc(N(CC(=O)NCc2ccncc2)S(=O)(=O)c2ccccc2)c(OC)c1. The molecule has 0 spiro atoms. The number of amides is 1. The van der Waals surface area contributed by atoms with E-state index in [0.29, 0.717) is 5.75 Å². The second-order valence-corrected chi connectivity index (χ2v) is 8.36. The number of hydrogen-bond donors (Lipinski definition) is 1. The van der Waals surface area contributed by atoms with Crippen LogP contribution < -0.4 is 19.1 Å². The van der Waals surface area contributed by atoms with Crippen molar-refractivity contribution in [3.8, 4) is 11.5 Å². The van der Waals surface area contributed by atoms with Gasteiger partial charge in [0, 0.05) is 25.0 Å². The summed E-state index contributed by atoms with van der Waals surface area (Å²) in [5.74, 6) is 0.301. The maximum atomic E-state index is 13.4. The molecule has 2 aromatic carbocycles. The zero-order valence-electron chi connectivity index (χ0n) is 17.2. The Morgan fingerprint density at radius 1 is 1.00 bits per heavy atom. The lowest BCUT2D eigenvalue weighted by atomic mass is 10.2. The number of rotatable bonds is 9. The summed E-state index contributed by atoms with van der Waals surface area (Å²) in [7, 11) is -1.12. The fourth-order valence-corrected chi connectivity index (χ4v) is 4.35. The predicted molar refractivity (Wildman–Crippen MR) is 117 cm³/mol. The summed E-state index contributed by atoms with van der Waals surface area (Å²) in [5, 5.41) is 2.74. The van der Waals surface area contributed by atoms with E-state index >= 15 is 0 Å². The molecule has 0 saturated carbocycles. The standard InChI is InChI=1S/C22H23N3O5S/c1-29-18-8-9-20(21(14-18)30-2)25(31(27,28)19-6-4-3-5-7-19)16-22(26)24-15-17-10-12-23-13-11-17/h3-14H,15-16H2,1-2H3,(H,24,26). The summed E-state index contributed by atoms with van der Waals surface area (Å²) in [6.45, 7) is -0.175. The summed E-state index contributed by atoms with van der Waals surface area (Å²) in [6.07, 6.45) is 3.24. The molecule has 0 aliphatic carbocycles. The van der Waals surface area contributed by atoms with Crippen LogP contribution in [0.5, 0.6) is 11.5 Å². The number of hydrogen-bond acceptors (Lipinski definition) is 6. The number of methoxy groups -OCH3 is 2. The van der Waals surface area contributed by atoms with Crippen molar-refractivity contribution in [2.75, 3.05) is 25.1 Å². The van der Waals surface area contributed by atoms with Crippen LogP contribution in [-0.4, -0.2) is 40.1 Å². The molecule has 0 aliphatic heterocycles. The molecule has 3 rings (SSSR count). The Kier molecular flexibility index (Phi) is 7.09. The van der Waals surface area contributed by atoms with E-state index in [0.717, 1.165) is 9.87 Å². The maximum Gasteiger partial charge on any atom is 0.264 e.